The van der Waals surface area contributed by atoms with Crippen molar-refractivity contribution >= 4 is 27.3 Å². The fourth-order valence-corrected chi connectivity index (χ4v) is 2.91. The normalized spacial score (nSPS) is 14.1. The van der Waals surface area contributed by atoms with Crippen LogP contribution in [0.25, 0.3) is 0 Å². The Labute approximate surface area is 139 Å². The molecule has 0 fully saturated rings. The van der Waals surface area contributed by atoms with Crippen LogP contribution in [0.5, 0.6) is 0 Å². The topological polar surface area (TPSA) is 66.5 Å². The monoisotopic (exact) mass is 374 g/mol. The molecule has 0 saturated carbocycles. The molecule has 0 unspecified atom stereocenters. The van der Waals surface area contributed by atoms with Gasteiger partial charge in [0.05, 0.1) is 17.8 Å². The minimum atomic E-state index is -5.48. The lowest BCUT2D eigenvalue weighted by molar-refractivity contribution is -0.0429. The second kappa shape index (κ2) is 5.73. The molecule has 0 aromatic heterocycles. The molecule has 0 spiro atoms. The molecule has 1 amide bonds. The average molecular weight is 374 g/mol. The lowest BCUT2D eigenvalue weighted by Crippen LogP contribution is -2.40. The number of alkyl halides is 3. The van der Waals surface area contributed by atoms with Gasteiger partial charge in [0.15, 0.2) is 0 Å². The van der Waals surface area contributed by atoms with Crippen LogP contribution in [0, 0.1) is 5.82 Å². The van der Waals surface area contributed by atoms with Crippen LogP contribution < -0.4 is 9.62 Å². The van der Waals surface area contributed by atoms with Crippen LogP contribution in [-0.4, -0.2) is 19.8 Å². The summed E-state index contributed by atoms with van der Waals surface area (Å²) in [5.41, 5.74) is -4.28. The van der Waals surface area contributed by atoms with Crippen LogP contribution in [0.2, 0.25) is 0 Å². The zero-order valence-corrected chi connectivity index (χ0v) is 13.2. The summed E-state index contributed by atoms with van der Waals surface area (Å²) in [6.45, 7) is 0.129. The van der Waals surface area contributed by atoms with Gasteiger partial charge in [-0.3, -0.25) is 9.52 Å². The van der Waals surface area contributed by atoms with Gasteiger partial charge >= 0.3 is 15.5 Å². The zero-order valence-electron chi connectivity index (χ0n) is 12.3. The highest BCUT2D eigenvalue weighted by Gasteiger charge is 2.46. The van der Waals surface area contributed by atoms with Crippen LogP contribution >= 0.6 is 0 Å². The second-order valence-corrected chi connectivity index (χ2v) is 6.97. The Morgan fingerprint density at radius 3 is 2.28 bits per heavy atom. The number of hydrogen-bond donors (Lipinski definition) is 1. The molecule has 2 aromatic carbocycles. The molecule has 2 aromatic rings. The van der Waals surface area contributed by atoms with E-state index in [2.05, 4.69) is 0 Å². The van der Waals surface area contributed by atoms with Crippen molar-refractivity contribution in [3.63, 3.8) is 0 Å². The standard InChI is InChI=1S/C15H10F4N2O3S/c16-10-3-6-13-12(7-10)14(22)21(13)8-9-1-4-11(5-2-9)20-25(23,24)15(17,18)19/h1-7,20H,8H2. The number of benzene rings is 2. The summed E-state index contributed by atoms with van der Waals surface area (Å²) in [5.74, 6) is -0.885. The Hall–Kier alpha value is -2.62. The van der Waals surface area contributed by atoms with Gasteiger partial charge in [-0.25, -0.2) is 4.39 Å². The highest BCUT2D eigenvalue weighted by molar-refractivity contribution is 7.93. The van der Waals surface area contributed by atoms with Crippen LogP contribution in [0.15, 0.2) is 42.5 Å². The summed E-state index contributed by atoms with van der Waals surface area (Å²) in [4.78, 5) is 13.3. The molecule has 5 nitrogen and oxygen atoms in total. The van der Waals surface area contributed by atoms with Gasteiger partial charge in [0.2, 0.25) is 0 Å². The van der Waals surface area contributed by atoms with Crippen LogP contribution in [0.4, 0.5) is 28.9 Å². The molecular formula is C15H10F4N2O3S. The molecule has 3 rings (SSSR count). The van der Waals surface area contributed by atoms with E-state index < -0.39 is 21.3 Å². The minimum absolute atomic E-state index is 0.129. The van der Waals surface area contributed by atoms with E-state index in [1.54, 1.807) is 0 Å². The second-order valence-electron chi connectivity index (χ2n) is 5.30. The van der Waals surface area contributed by atoms with Crippen molar-refractivity contribution in [2.24, 2.45) is 0 Å². The fraction of sp³-hybridized carbons (Fsp3) is 0.133. The first kappa shape index (κ1) is 17.2. The first-order valence-electron chi connectivity index (χ1n) is 6.88. The van der Waals surface area contributed by atoms with Crippen molar-refractivity contribution in [2.75, 3.05) is 9.62 Å². The first-order valence-corrected chi connectivity index (χ1v) is 8.36. The van der Waals surface area contributed by atoms with E-state index in [-0.39, 0.29) is 23.7 Å². The Morgan fingerprint density at radius 1 is 1.04 bits per heavy atom. The van der Waals surface area contributed by atoms with E-state index in [1.165, 1.54) is 33.9 Å². The van der Waals surface area contributed by atoms with Gasteiger partial charge in [-0.15, -0.1) is 0 Å². The van der Waals surface area contributed by atoms with Crippen molar-refractivity contribution in [1.29, 1.82) is 0 Å². The number of rotatable bonds is 4. The predicted octanol–water partition coefficient (Wildman–Crippen LogP) is 3.25. The Bertz CT molecular complexity index is 940. The van der Waals surface area contributed by atoms with E-state index in [0.717, 1.165) is 18.2 Å². The molecule has 1 heterocycles. The highest BCUT2D eigenvalue weighted by atomic mass is 32.2. The largest absolute Gasteiger partial charge is 0.516 e. The summed E-state index contributed by atoms with van der Waals surface area (Å²) >= 11 is 0. The molecular weight excluding hydrogens is 364 g/mol. The minimum Gasteiger partial charge on any atom is -0.303 e. The summed E-state index contributed by atoms with van der Waals surface area (Å²) < 4.78 is 73.5. The lowest BCUT2D eigenvalue weighted by Gasteiger charge is -2.33. The molecule has 0 saturated heterocycles. The zero-order chi connectivity index (χ0) is 18.4. The van der Waals surface area contributed by atoms with Crippen molar-refractivity contribution in [1.82, 2.24) is 0 Å². The number of nitrogens with zero attached hydrogens (tertiary/aromatic N) is 1. The summed E-state index contributed by atoms with van der Waals surface area (Å²) in [6.07, 6.45) is 0. The van der Waals surface area contributed by atoms with Gasteiger partial charge in [0.1, 0.15) is 5.82 Å². The molecule has 0 bridgehead atoms. The summed E-state index contributed by atoms with van der Waals surface area (Å²) in [5, 5.41) is 0. The molecule has 1 aliphatic rings. The van der Waals surface area contributed by atoms with E-state index in [4.69, 9.17) is 0 Å². The quantitative estimate of drug-likeness (QED) is 0.836. The number of nitrogens with one attached hydrogen (secondary N) is 1. The Kier molecular flexibility index (Phi) is 3.94. The molecule has 132 valence electrons. The summed E-state index contributed by atoms with van der Waals surface area (Å²) in [7, 11) is -5.48. The van der Waals surface area contributed by atoms with Gasteiger partial charge in [0, 0.05) is 5.69 Å². The predicted molar refractivity (Wildman–Crippen MR) is 82.0 cm³/mol. The Balaban J connectivity index is 1.72. The van der Waals surface area contributed by atoms with Gasteiger partial charge < -0.3 is 4.90 Å². The number of amides is 1. The number of hydrogen-bond acceptors (Lipinski definition) is 3. The smallest absolute Gasteiger partial charge is 0.303 e. The van der Waals surface area contributed by atoms with Crippen LogP contribution in [0.3, 0.4) is 0 Å². The molecule has 0 radical (unpaired) electrons. The average Bonchev–Trinajstić information content (AvgIpc) is 2.53. The highest BCUT2D eigenvalue weighted by Crippen LogP contribution is 2.34. The maximum atomic E-state index is 13.1. The first-order chi connectivity index (χ1) is 11.6. The Morgan fingerprint density at radius 2 is 1.68 bits per heavy atom. The van der Waals surface area contributed by atoms with E-state index in [9.17, 15) is 30.8 Å². The molecule has 1 aliphatic heterocycles. The van der Waals surface area contributed by atoms with Crippen LogP contribution in [0.1, 0.15) is 15.9 Å². The molecule has 0 atom stereocenters. The maximum absolute atomic E-state index is 13.1. The van der Waals surface area contributed by atoms with E-state index >= 15 is 0 Å². The number of sulfonamides is 1. The third kappa shape index (κ3) is 3.16. The summed E-state index contributed by atoms with van der Waals surface area (Å²) in [6, 6.07) is 8.91. The molecule has 10 heteroatoms. The lowest BCUT2D eigenvalue weighted by atomic mass is 10.0. The van der Waals surface area contributed by atoms with E-state index in [1.807, 2.05) is 0 Å². The number of anilines is 2. The van der Waals surface area contributed by atoms with Crippen LogP contribution in [-0.2, 0) is 16.6 Å². The number of halogens is 4. The number of carbonyl (C=O) groups excluding carboxylic acids is 1. The van der Waals surface area contributed by atoms with Crippen molar-refractivity contribution < 1.29 is 30.8 Å². The molecule has 25 heavy (non-hydrogen) atoms. The van der Waals surface area contributed by atoms with E-state index in [0.29, 0.717) is 11.3 Å². The van der Waals surface area contributed by atoms with Crippen molar-refractivity contribution in [3.05, 3.63) is 59.4 Å². The third-order valence-electron chi connectivity index (χ3n) is 3.58. The van der Waals surface area contributed by atoms with Crippen molar-refractivity contribution in [2.45, 2.75) is 12.1 Å². The number of carbonyl (C=O) groups is 1. The van der Waals surface area contributed by atoms with Gasteiger partial charge in [-0.05, 0) is 35.9 Å². The third-order valence-corrected chi connectivity index (χ3v) is 4.69. The number of fused-ring (bicyclic) bond motifs is 1. The van der Waals surface area contributed by atoms with Gasteiger partial charge in [-0.1, -0.05) is 12.1 Å². The van der Waals surface area contributed by atoms with Gasteiger partial charge in [-0.2, -0.15) is 21.6 Å². The van der Waals surface area contributed by atoms with Gasteiger partial charge in [0.25, 0.3) is 5.91 Å². The maximum Gasteiger partial charge on any atom is 0.516 e. The fourth-order valence-electron chi connectivity index (χ4n) is 2.35. The van der Waals surface area contributed by atoms with Crippen molar-refractivity contribution in [3.8, 4) is 0 Å². The molecule has 0 aliphatic carbocycles. The SMILES string of the molecule is O=C1c2cc(F)ccc2N1Cc1ccc(NS(=O)(=O)C(F)(F)F)cc1. The molecule has 1 N–H and O–H groups in total.